The van der Waals surface area contributed by atoms with E-state index < -0.39 is 0 Å². The van der Waals surface area contributed by atoms with Crippen LogP contribution < -0.4 is 5.32 Å². The molecule has 116 valence electrons. The number of hydrogen-bond donors (Lipinski definition) is 1. The van der Waals surface area contributed by atoms with E-state index in [0.717, 1.165) is 25.6 Å². The van der Waals surface area contributed by atoms with Crippen LogP contribution in [0.1, 0.15) is 38.2 Å². The molecule has 4 heteroatoms. The van der Waals surface area contributed by atoms with Crippen LogP contribution in [-0.2, 0) is 4.74 Å². The molecule has 2 bridgehead atoms. The Morgan fingerprint density at radius 3 is 2.71 bits per heavy atom. The van der Waals surface area contributed by atoms with Crippen molar-refractivity contribution in [1.82, 2.24) is 5.32 Å². The summed E-state index contributed by atoms with van der Waals surface area (Å²) in [6.45, 7) is 6.01. The minimum atomic E-state index is 0.507. The lowest BCUT2D eigenvalue weighted by Gasteiger charge is -2.38. The van der Waals surface area contributed by atoms with Gasteiger partial charge in [-0.05, 0) is 49.3 Å². The normalized spacial score (nSPS) is 35.1. The van der Waals surface area contributed by atoms with Gasteiger partial charge in [0.1, 0.15) is 0 Å². The van der Waals surface area contributed by atoms with Crippen molar-refractivity contribution >= 4 is 23.2 Å². The van der Waals surface area contributed by atoms with Gasteiger partial charge in [-0.15, -0.1) is 0 Å². The molecule has 0 radical (unpaired) electrons. The van der Waals surface area contributed by atoms with E-state index >= 15 is 0 Å². The molecule has 2 aliphatic heterocycles. The molecule has 0 aromatic heterocycles. The first kappa shape index (κ1) is 15.6. The minimum Gasteiger partial charge on any atom is -0.381 e. The highest BCUT2D eigenvalue weighted by atomic mass is 35.5. The Morgan fingerprint density at radius 2 is 2.00 bits per heavy atom. The Balaban J connectivity index is 1.87. The van der Waals surface area contributed by atoms with Crippen molar-refractivity contribution < 1.29 is 4.74 Å². The Bertz CT molecular complexity index is 506. The fraction of sp³-hybridized carbons (Fsp3) is 0.647. The molecule has 2 heterocycles. The third-order valence-corrected chi connectivity index (χ3v) is 5.91. The van der Waals surface area contributed by atoms with Crippen LogP contribution in [0.15, 0.2) is 18.2 Å². The zero-order valence-corrected chi connectivity index (χ0v) is 14.1. The standard InChI is InChI=1S/C17H23Cl2NO/c1-3-21-9-13-12(8-16-10(2)6-17(13)20-16)11-4-5-14(18)15(19)7-11/h4-5,7,10,12-13,16-17,20H,3,6,8-9H2,1-2H3/t10?,12-,13-,16+,17+/m1/s1. The molecule has 1 unspecified atom stereocenters. The van der Waals surface area contributed by atoms with Crippen LogP contribution in [-0.4, -0.2) is 25.3 Å². The first-order chi connectivity index (χ1) is 10.1. The number of fused-ring (bicyclic) bond motifs is 2. The van der Waals surface area contributed by atoms with E-state index in [9.17, 15) is 0 Å². The maximum absolute atomic E-state index is 6.22. The summed E-state index contributed by atoms with van der Waals surface area (Å²) in [5.74, 6) is 1.77. The molecule has 0 saturated carbocycles. The van der Waals surface area contributed by atoms with Crippen molar-refractivity contribution in [3.63, 3.8) is 0 Å². The van der Waals surface area contributed by atoms with Gasteiger partial charge in [0.15, 0.2) is 0 Å². The summed E-state index contributed by atoms with van der Waals surface area (Å²) < 4.78 is 5.77. The Labute approximate surface area is 137 Å². The van der Waals surface area contributed by atoms with Crippen LogP contribution in [0, 0.1) is 11.8 Å². The Morgan fingerprint density at radius 1 is 1.19 bits per heavy atom. The van der Waals surface area contributed by atoms with Crippen molar-refractivity contribution in [1.29, 1.82) is 0 Å². The van der Waals surface area contributed by atoms with Crippen LogP contribution in [0.5, 0.6) is 0 Å². The van der Waals surface area contributed by atoms with Gasteiger partial charge in [0.2, 0.25) is 0 Å². The van der Waals surface area contributed by atoms with Crippen molar-refractivity contribution in [3.05, 3.63) is 33.8 Å². The van der Waals surface area contributed by atoms with Crippen LogP contribution >= 0.6 is 23.2 Å². The molecule has 3 rings (SSSR count). The smallest absolute Gasteiger partial charge is 0.0595 e. The monoisotopic (exact) mass is 327 g/mol. The molecule has 5 atom stereocenters. The lowest BCUT2D eigenvalue weighted by Crippen LogP contribution is -2.46. The molecule has 2 nitrogen and oxygen atoms in total. The highest BCUT2D eigenvalue weighted by molar-refractivity contribution is 6.42. The molecule has 1 N–H and O–H groups in total. The number of piperidine rings is 1. The van der Waals surface area contributed by atoms with Crippen LogP contribution in [0.2, 0.25) is 10.0 Å². The van der Waals surface area contributed by atoms with Crippen molar-refractivity contribution in [3.8, 4) is 0 Å². The van der Waals surface area contributed by atoms with Gasteiger partial charge in [0, 0.05) is 24.6 Å². The Kier molecular flexibility index (Phi) is 4.80. The summed E-state index contributed by atoms with van der Waals surface area (Å²) in [6, 6.07) is 7.28. The van der Waals surface area contributed by atoms with E-state index in [0.29, 0.717) is 34.0 Å². The predicted molar refractivity (Wildman–Crippen MR) is 88.3 cm³/mol. The predicted octanol–water partition coefficient (Wildman–Crippen LogP) is 4.50. The maximum atomic E-state index is 6.22. The summed E-state index contributed by atoms with van der Waals surface area (Å²) in [4.78, 5) is 0. The molecule has 1 aromatic rings. The minimum absolute atomic E-state index is 0.507. The highest BCUT2D eigenvalue weighted by Crippen LogP contribution is 2.44. The lowest BCUT2D eigenvalue weighted by atomic mass is 9.77. The van der Waals surface area contributed by atoms with Crippen molar-refractivity contribution in [2.45, 2.75) is 44.7 Å². The zero-order valence-electron chi connectivity index (χ0n) is 12.6. The van der Waals surface area contributed by atoms with E-state index in [1.807, 2.05) is 12.1 Å². The molecule has 21 heavy (non-hydrogen) atoms. The molecule has 2 aliphatic rings. The lowest BCUT2D eigenvalue weighted by molar-refractivity contribution is 0.0722. The molecule has 2 fully saturated rings. The molecule has 1 aromatic carbocycles. The van der Waals surface area contributed by atoms with E-state index in [1.54, 1.807) is 0 Å². The maximum Gasteiger partial charge on any atom is 0.0595 e. The van der Waals surface area contributed by atoms with E-state index in [4.69, 9.17) is 27.9 Å². The SMILES string of the molecule is CCOC[C@H]1[C@@H]2CC(C)[C@H](C[C@@H]1c1ccc(Cl)c(Cl)c1)N2. The number of hydrogen-bond acceptors (Lipinski definition) is 2. The van der Waals surface area contributed by atoms with Gasteiger partial charge in [-0.1, -0.05) is 36.2 Å². The van der Waals surface area contributed by atoms with Crippen molar-refractivity contribution in [2.24, 2.45) is 11.8 Å². The van der Waals surface area contributed by atoms with Gasteiger partial charge in [-0.3, -0.25) is 0 Å². The summed E-state index contributed by atoms with van der Waals surface area (Å²) in [5.41, 5.74) is 1.31. The fourth-order valence-electron chi connectivity index (χ4n) is 4.01. The number of benzene rings is 1. The van der Waals surface area contributed by atoms with Crippen LogP contribution in [0.3, 0.4) is 0 Å². The third kappa shape index (κ3) is 3.10. The Hall–Kier alpha value is -0.280. The number of halogens is 2. The second kappa shape index (κ2) is 6.45. The zero-order chi connectivity index (χ0) is 15.0. The molecule has 2 saturated heterocycles. The summed E-state index contributed by atoms with van der Waals surface area (Å²) in [6.07, 6.45) is 2.41. The van der Waals surface area contributed by atoms with Gasteiger partial charge in [0.25, 0.3) is 0 Å². The quantitative estimate of drug-likeness (QED) is 0.879. The van der Waals surface area contributed by atoms with Gasteiger partial charge < -0.3 is 10.1 Å². The van der Waals surface area contributed by atoms with Gasteiger partial charge in [0.05, 0.1) is 16.7 Å². The second-order valence-electron chi connectivity index (χ2n) is 6.43. The average molecular weight is 328 g/mol. The molecular formula is C17H23Cl2NO. The van der Waals surface area contributed by atoms with Crippen molar-refractivity contribution in [2.75, 3.05) is 13.2 Å². The van der Waals surface area contributed by atoms with Gasteiger partial charge in [-0.25, -0.2) is 0 Å². The summed E-state index contributed by atoms with van der Waals surface area (Å²) >= 11 is 12.3. The molecule has 0 amide bonds. The van der Waals surface area contributed by atoms with Gasteiger partial charge >= 0.3 is 0 Å². The van der Waals surface area contributed by atoms with Gasteiger partial charge in [-0.2, -0.15) is 0 Å². The average Bonchev–Trinajstić information content (AvgIpc) is 2.77. The number of rotatable bonds is 4. The molecule has 0 spiro atoms. The topological polar surface area (TPSA) is 21.3 Å². The van der Waals surface area contributed by atoms with E-state index in [-0.39, 0.29) is 0 Å². The summed E-state index contributed by atoms with van der Waals surface area (Å²) in [5, 5.41) is 5.07. The fourth-order valence-corrected chi connectivity index (χ4v) is 4.32. The second-order valence-corrected chi connectivity index (χ2v) is 7.25. The largest absolute Gasteiger partial charge is 0.381 e. The highest BCUT2D eigenvalue weighted by Gasteiger charge is 2.45. The molecule has 0 aliphatic carbocycles. The van der Waals surface area contributed by atoms with E-state index in [1.165, 1.54) is 12.0 Å². The third-order valence-electron chi connectivity index (χ3n) is 5.17. The first-order valence-electron chi connectivity index (χ1n) is 7.89. The van der Waals surface area contributed by atoms with Crippen LogP contribution in [0.25, 0.3) is 0 Å². The summed E-state index contributed by atoms with van der Waals surface area (Å²) in [7, 11) is 0. The first-order valence-corrected chi connectivity index (χ1v) is 8.64. The number of ether oxygens (including phenoxy) is 1. The van der Waals surface area contributed by atoms with Crippen LogP contribution in [0.4, 0.5) is 0 Å². The molecular weight excluding hydrogens is 305 g/mol. The number of nitrogens with one attached hydrogen (secondary N) is 1. The van der Waals surface area contributed by atoms with E-state index in [2.05, 4.69) is 25.2 Å².